The molecule has 1 aromatic carbocycles. The first-order valence-electron chi connectivity index (χ1n) is 5.74. The van der Waals surface area contributed by atoms with E-state index in [1.165, 1.54) is 0 Å². The number of aromatic nitrogens is 2. The number of methoxy groups -OCH3 is 2. The predicted molar refractivity (Wildman–Crippen MR) is 70.9 cm³/mol. The third kappa shape index (κ3) is 1.99. The number of nitrogens with zero attached hydrogens (tertiary/aromatic N) is 2. The van der Waals surface area contributed by atoms with Gasteiger partial charge in [-0.25, -0.2) is 4.98 Å². The number of anilines is 1. The summed E-state index contributed by atoms with van der Waals surface area (Å²) in [5.41, 5.74) is 7.71. The van der Waals surface area contributed by atoms with Gasteiger partial charge in [-0.1, -0.05) is 0 Å². The summed E-state index contributed by atoms with van der Waals surface area (Å²) in [6, 6.07) is 5.64. The highest BCUT2D eigenvalue weighted by molar-refractivity contribution is 5.72. The van der Waals surface area contributed by atoms with Crippen molar-refractivity contribution in [2.24, 2.45) is 0 Å². The Hall–Kier alpha value is -2.17. The number of imidazole rings is 1. The summed E-state index contributed by atoms with van der Waals surface area (Å²) in [4.78, 5) is 4.33. The summed E-state index contributed by atoms with van der Waals surface area (Å²) in [6.07, 6.45) is 1.74. The average Bonchev–Trinajstić information content (AvgIpc) is 2.79. The molecular formula is C13H17N3O2. The van der Waals surface area contributed by atoms with E-state index in [0.29, 0.717) is 17.3 Å². The second-order valence-electron chi connectivity index (χ2n) is 3.83. The van der Waals surface area contributed by atoms with Gasteiger partial charge in [-0.05, 0) is 25.1 Å². The SMILES string of the molecule is CCn1cnc(-c2ccc(OC)c(OC)c2)c1N. The Morgan fingerprint density at radius 1 is 1.22 bits per heavy atom. The number of nitrogen functional groups attached to an aromatic ring is 1. The summed E-state index contributed by atoms with van der Waals surface area (Å²) in [5.74, 6) is 2.01. The van der Waals surface area contributed by atoms with Gasteiger partial charge in [-0.3, -0.25) is 0 Å². The van der Waals surface area contributed by atoms with Gasteiger partial charge in [0.25, 0.3) is 0 Å². The van der Waals surface area contributed by atoms with Crippen molar-refractivity contribution >= 4 is 5.82 Å². The quantitative estimate of drug-likeness (QED) is 0.899. The zero-order valence-electron chi connectivity index (χ0n) is 10.8. The van der Waals surface area contributed by atoms with Crippen molar-refractivity contribution < 1.29 is 9.47 Å². The minimum absolute atomic E-state index is 0.657. The number of ether oxygens (including phenoxy) is 2. The first-order chi connectivity index (χ1) is 8.71. The second-order valence-corrected chi connectivity index (χ2v) is 3.83. The lowest BCUT2D eigenvalue weighted by molar-refractivity contribution is 0.355. The van der Waals surface area contributed by atoms with Crippen LogP contribution in [0, 0.1) is 0 Å². The van der Waals surface area contributed by atoms with E-state index in [9.17, 15) is 0 Å². The molecule has 2 aromatic rings. The van der Waals surface area contributed by atoms with Crippen molar-refractivity contribution in [1.82, 2.24) is 9.55 Å². The smallest absolute Gasteiger partial charge is 0.161 e. The molecule has 0 atom stereocenters. The maximum absolute atomic E-state index is 6.04. The number of hydrogen-bond donors (Lipinski definition) is 1. The minimum Gasteiger partial charge on any atom is -0.493 e. The molecule has 0 spiro atoms. The predicted octanol–water partition coefficient (Wildman–Crippen LogP) is 2.17. The molecule has 0 aliphatic rings. The van der Waals surface area contributed by atoms with Gasteiger partial charge in [0.05, 0.1) is 20.5 Å². The van der Waals surface area contributed by atoms with Gasteiger partial charge in [-0.15, -0.1) is 0 Å². The normalized spacial score (nSPS) is 10.4. The number of nitrogens with two attached hydrogens (primary N) is 1. The van der Waals surface area contributed by atoms with Crippen LogP contribution in [0.3, 0.4) is 0 Å². The number of rotatable bonds is 4. The van der Waals surface area contributed by atoms with Crippen LogP contribution in [0.25, 0.3) is 11.3 Å². The van der Waals surface area contributed by atoms with E-state index in [-0.39, 0.29) is 0 Å². The zero-order valence-corrected chi connectivity index (χ0v) is 10.8. The Bertz CT molecular complexity index is 549. The van der Waals surface area contributed by atoms with Crippen LogP contribution in [0.1, 0.15) is 6.92 Å². The van der Waals surface area contributed by atoms with E-state index in [1.807, 2.05) is 29.7 Å². The van der Waals surface area contributed by atoms with Crippen LogP contribution in [0.15, 0.2) is 24.5 Å². The van der Waals surface area contributed by atoms with E-state index >= 15 is 0 Å². The lowest BCUT2D eigenvalue weighted by atomic mass is 10.1. The van der Waals surface area contributed by atoms with E-state index in [4.69, 9.17) is 15.2 Å². The molecule has 5 nitrogen and oxygen atoms in total. The second kappa shape index (κ2) is 5.00. The van der Waals surface area contributed by atoms with Gasteiger partial charge in [-0.2, -0.15) is 0 Å². The lowest BCUT2D eigenvalue weighted by Crippen LogP contribution is -1.99. The topological polar surface area (TPSA) is 62.3 Å². The first kappa shape index (κ1) is 12.3. The van der Waals surface area contributed by atoms with Crippen LogP contribution in [-0.2, 0) is 6.54 Å². The third-order valence-electron chi connectivity index (χ3n) is 2.88. The maximum Gasteiger partial charge on any atom is 0.161 e. The molecule has 0 saturated carbocycles. The first-order valence-corrected chi connectivity index (χ1v) is 5.74. The molecule has 2 N–H and O–H groups in total. The van der Waals surface area contributed by atoms with Crippen LogP contribution in [0.2, 0.25) is 0 Å². The van der Waals surface area contributed by atoms with Crippen molar-refractivity contribution in [3.63, 3.8) is 0 Å². The monoisotopic (exact) mass is 247 g/mol. The maximum atomic E-state index is 6.04. The molecule has 0 radical (unpaired) electrons. The molecule has 5 heteroatoms. The molecule has 96 valence electrons. The molecule has 0 unspecified atom stereocenters. The van der Waals surface area contributed by atoms with E-state index in [0.717, 1.165) is 17.8 Å². The highest BCUT2D eigenvalue weighted by Crippen LogP contribution is 2.33. The molecule has 0 fully saturated rings. The van der Waals surface area contributed by atoms with Crippen LogP contribution in [0.4, 0.5) is 5.82 Å². The van der Waals surface area contributed by atoms with Gasteiger partial charge >= 0.3 is 0 Å². The fourth-order valence-corrected chi connectivity index (χ4v) is 1.85. The summed E-state index contributed by atoms with van der Waals surface area (Å²) >= 11 is 0. The Morgan fingerprint density at radius 2 is 1.94 bits per heavy atom. The Kier molecular flexibility index (Phi) is 3.41. The summed E-state index contributed by atoms with van der Waals surface area (Å²) in [6.45, 7) is 2.82. The van der Waals surface area contributed by atoms with E-state index < -0.39 is 0 Å². The van der Waals surface area contributed by atoms with Crippen molar-refractivity contribution in [3.05, 3.63) is 24.5 Å². The van der Waals surface area contributed by atoms with Crippen molar-refractivity contribution in [1.29, 1.82) is 0 Å². The van der Waals surface area contributed by atoms with Crippen molar-refractivity contribution in [2.75, 3.05) is 20.0 Å². The molecule has 1 aromatic heterocycles. The van der Waals surface area contributed by atoms with Gasteiger partial charge in [0.15, 0.2) is 11.5 Å². The fourth-order valence-electron chi connectivity index (χ4n) is 1.85. The third-order valence-corrected chi connectivity index (χ3v) is 2.88. The molecule has 18 heavy (non-hydrogen) atoms. The minimum atomic E-state index is 0.657. The molecule has 2 rings (SSSR count). The summed E-state index contributed by atoms with van der Waals surface area (Å²) in [5, 5.41) is 0. The fraction of sp³-hybridized carbons (Fsp3) is 0.308. The molecular weight excluding hydrogens is 230 g/mol. The molecule has 0 amide bonds. The molecule has 0 bridgehead atoms. The summed E-state index contributed by atoms with van der Waals surface area (Å²) in [7, 11) is 3.22. The number of benzene rings is 1. The van der Waals surface area contributed by atoms with Crippen LogP contribution in [0.5, 0.6) is 11.5 Å². The van der Waals surface area contributed by atoms with Crippen LogP contribution in [-0.4, -0.2) is 23.8 Å². The molecule has 1 heterocycles. The Morgan fingerprint density at radius 3 is 2.50 bits per heavy atom. The molecule has 0 aliphatic carbocycles. The molecule has 0 saturated heterocycles. The van der Waals surface area contributed by atoms with Crippen LogP contribution >= 0.6 is 0 Å². The standard InChI is InChI=1S/C13H17N3O2/c1-4-16-8-15-12(13(16)14)9-5-6-10(17-2)11(7-9)18-3/h5-8H,4,14H2,1-3H3. The lowest BCUT2D eigenvalue weighted by Gasteiger charge is -2.09. The molecule has 0 aliphatic heterocycles. The number of aryl methyl sites for hydroxylation is 1. The van der Waals surface area contributed by atoms with Crippen molar-refractivity contribution in [3.8, 4) is 22.8 Å². The van der Waals surface area contributed by atoms with Crippen LogP contribution < -0.4 is 15.2 Å². The number of hydrogen-bond acceptors (Lipinski definition) is 4. The largest absolute Gasteiger partial charge is 0.493 e. The highest BCUT2D eigenvalue weighted by Gasteiger charge is 2.12. The van der Waals surface area contributed by atoms with Gasteiger partial charge < -0.3 is 19.8 Å². The van der Waals surface area contributed by atoms with Gasteiger partial charge in [0.1, 0.15) is 11.5 Å². The van der Waals surface area contributed by atoms with Gasteiger partial charge in [0.2, 0.25) is 0 Å². The van der Waals surface area contributed by atoms with Gasteiger partial charge in [0, 0.05) is 12.1 Å². The Labute approximate surface area is 106 Å². The van der Waals surface area contributed by atoms with E-state index in [2.05, 4.69) is 4.98 Å². The summed E-state index contributed by atoms with van der Waals surface area (Å²) < 4.78 is 12.4. The highest BCUT2D eigenvalue weighted by atomic mass is 16.5. The average molecular weight is 247 g/mol. The van der Waals surface area contributed by atoms with Crippen molar-refractivity contribution in [2.45, 2.75) is 13.5 Å². The van der Waals surface area contributed by atoms with E-state index in [1.54, 1.807) is 20.5 Å². The zero-order chi connectivity index (χ0) is 13.1. The Balaban J connectivity index is 2.47.